The lowest BCUT2D eigenvalue weighted by molar-refractivity contribution is -0.138. The molecule has 2 bridgehead atoms. The van der Waals surface area contributed by atoms with E-state index in [0.717, 1.165) is 12.3 Å². The zero-order chi connectivity index (χ0) is 14.2. The quantitative estimate of drug-likeness (QED) is 0.822. The molecule has 2 N–H and O–H groups in total. The molecule has 4 unspecified atom stereocenters. The number of rotatable bonds is 4. The van der Waals surface area contributed by atoms with E-state index in [9.17, 15) is 9.59 Å². The fraction of sp³-hybridized carbons (Fsp3) is 0.867. The maximum absolute atomic E-state index is 12.4. The SMILES string of the molecule is CC(C)(C)C(CC(=O)O)NC(=O)C1CC2CCC1C2. The molecule has 2 fully saturated rings. The number of amides is 1. The summed E-state index contributed by atoms with van der Waals surface area (Å²) >= 11 is 0. The van der Waals surface area contributed by atoms with E-state index < -0.39 is 5.97 Å². The number of hydrogen-bond donors (Lipinski definition) is 2. The van der Waals surface area contributed by atoms with Crippen LogP contribution in [0.25, 0.3) is 0 Å². The molecule has 2 rings (SSSR count). The van der Waals surface area contributed by atoms with Gasteiger partial charge >= 0.3 is 5.97 Å². The molecule has 2 aliphatic rings. The summed E-state index contributed by atoms with van der Waals surface area (Å²) < 4.78 is 0. The van der Waals surface area contributed by atoms with Crippen LogP contribution in [-0.2, 0) is 9.59 Å². The first-order valence-corrected chi connectivity index (χ1v) is 7.29. The Balaban J connectivity index is 1.97. The molecule has 0 saturated heterocycles. The summed E-state index contributed by atoms with van der Waals surface area (Å²) in [6.45, 7) is 5.92. The number of nitrogens with one attached hydrogen (secondary N) is 1. The van der Waals surface area contributed by atoms with Crippen molar-refractivity contribution in [2.45, 2.75) is 58.9 Å². The van der Waals surface area contributed by atoms with Crippen molar-refractivity contribution in [3.05, 3.63) is 0 Å². The van der Waals surface area contributed by atoms with Gasteiger partial charge in [0, 0.05) is 12.0 Å². The van der Waals surface area contributed by atoms with Crippen LogP contribution in [0.2, 0.25) is 0 Å². The largest absolute Gasteiger partial charge is 0.481 e. The summed E-state index contributed by atoms with van der Waals surface area (Å²) in [5.74, 6) is 0.614. The van der Waals surface area contributed by atoms with Crippen molar-refractivity contribution < 1.29 is 14.7 Å². The lowest BCUT2D eigenvalue weighted by Crippen LogP contribution is -2.47. The molecule has 0 radical (unpaired) electrons. The van der Waals surface area contributed by atoms with E-state index in [2.05, 4.69) is 5.32 Å². The molecule has 0 heterocycles. The van der Waals surface area contributed by atoms with Gasteiger partial charge in [-0.05, 0) is 36.5 Å². The molecule has 0 aromatic carbocycles. The van der Waals surface area contributed by atoms with Crippen LogP contribution in [0.3, 0.4) is 0 Å². The Kier molecular flexibility index (Phi) is 3.88. The molecule has 108 valence electrons. The van der Waals surface area contributed by atoms with Crippen molar-refractivity contribution in [1.82, 2.24) is 5.32 Å². The van der Waals surface area contributed by atoms with Gasteiger partial charge in [0.25, 0.3) is 0 Å². The Morgan fingerprint density at radius 1 is 1.26 bits per heavy atom. The Morgan fingerprint density at radius 2 is 1.95 bits per heavy atom. The number of carboxylic acid groups (broad SMARTS) is 1. The van der Waals surface area contributed by atoms with E-state index in [4.69, 9.17) is 5.11 Å². The second-order valence-corrected chi connectivity index (χ2v) is 7.31. The maximum atomic E-state index is 12.4. The van der Waals surface area contributed by atoms with Crippen LogP contribution < -0.4 is 5.32 Å². The Bertz CT molecular complexity index is 372. The number of fused-ring (bicyclic) bond motifs is 2. The highest BCUT2D eigenvalue weighted by Gasteiger charge is 2.44. The van der Waals surface area contributed by atoms with Crippen molar-refractivity contribution in [3.63, 3.8) is 0 Å². The van der Waals surface area contributed by atoms with Gasteiger partial charge in [0.05, 0.1) is 6.42 Å². The number of hydrogen-bond acceptors (Lipinski definition) is 2. The van der Waals surface area contributed by atoms with E-state index in [0.29, 0.717) is 5.92 Å². The van der Waals surface area contributed by atoms with Crippen LogP contribution in [0.15, 0.2) is 0 Å². The highest BCUT2D eigenvalue weighted by Crippen LogP contribution is 2.48. The summed E-state index contributed by atoms with van der Waals surface area (Å²) in [5.41, 5.74) is -0.230. The topological polar surface area (TPSA) is 66.4 Å². The monoisotopic (exact) mass is 267 g/mol. The zero-order valence-electron chi connectivity index (χ0n) is 12.1. The summed E-state index contributed by atoms with van der Waals surface area (Å²) in [4.78, 5) is 23.3. The summed E-state index contributed by atoms with van der Waals surface area (Å²) in [6, 6.07) is -0.295. The average Bonchev–Trinajstić information content (AvgIpc) is 2.87. The molecule has 4 atom stereocenters. The van der Waals surface area contributed by atoms with Gasteiger partial charge in [-0.1, -0.05) is 27.2 Å². The van der Waals surface area contributed by atoms with Gasteiger partial charge in [0.1, 0.15) is 0 Å². The normalized spacial score (nSPS) is 31.2. The highest BCUT2D eigenvalue weighted by atomic mass is 16.4. The summed E-state index contributed by atoms with van der Waals surface area (Å²) in [7, 11) is 0. The molecule has 2 aliphatic carbocycles. The highest BCUT2D eigenvalue weighted by molar-refractivity contribution is 5.80. The summed E-state index contributed by atoms with van der Waals surface area (Å²) in [5, 5.41) is 12.0. The van der Waals surface area contributed by atoms with Crippen molar-refractivity contribution in [2.24, 2.45) is 23.2 Å². The molecule has 0 aromatic heterocycles. The molecule has 0 aliphatic heterocycles. The third-order valence-corrected chi connectivity index (χ3v) is 4.82. The van der Waals surface area contributed by atoms with Crippen LogP contribution in [0, 0.1) is 23.2 Å². The fourth-order valence-electron chi connectivity index (χ4n) is 3.59. The fourth-order valence-corrected chi connectivity index (χ4v) is 3.59. The number of aliphatic carboxylic acids is 1. The van der Waals surface area contributed by atoms with Crippen LogP contribution in [0.1, 0.15) is 52.9 Å². The van der Waals surface area contributed by atoms with Gasteiger partial charge in [0.2, 0.25) is 5.91 Å². The molecular weight excluding hydrogens is 242 g/mol. The average molecular weight is 267 g/mol. The zero-order valence-corrected chi connectivity index (χ0v) is 12.1. The van der Waals surface area contributed by atoms with Gasteiger partial charge in [-0.15, -0.1) is 0 Å². The third-order valence-electron chi connectivity index (χ3n) is 4.82. The molecule has 4 heteroatoms. The van der Waals surface area contributed by atoms with Crippen LogP contribution in [0.5, 0.6) is 0 Å². The molecule has 0 aromatic rings. The first kappa shape index (κ1) is 14.4. The lowest BCUT2D eigenvalue weighted by Gasteiger charge is -2.32. The van der Waals surface area contributed by atoms with Gasteiger partial charge < -0.3 is 10.4 Å². The van der Waals surface area contributed by atoms with Crippen molar-refractivity contribution in [2.75, 3.05) is 0 Å². The summed E-state index contributed by atoms with van der Waals surface area (Å²) in [6.07, 6.45) is 4.63. The predicted octanol–water partition coefficient (Wildman–Crippen LogP) is 2.43. The maximum Gasteiger partial charge on any atom is 0.305 e. The first-order chi connectivity index (χ1) is 8.77. The molecular formula is C15H25NO3. The molecule has 0 spiro atoms. The molecule has 4 nitrogen and oxygen atoms in total. The molecule has 19 heavy (non-hydrogen) atoms. The van der Waals surface area contributed by atoms with Crippen LogP contribution >= 0.6 is 0 Å². The van der Waals surface area contributed by atoms with E-state index in [-0.39, 0.29) is 29.7 Å². The molecule has 1 amide bonds. The Hall–Kier alpha value is -1.06. The first-order valence-electron chi connectivity index (χ1n) is 7.29. The van der Waals surface area contributed by atoms with E-state index in [1.54, 1.807) is 0 Å². The van der Waals surface area contributed by atoms with E-state index >= 15 is 0 Å². The number of carbonyl (C=O) groups excluding carboxylic acids is 1. The Morgan fingerprint density at radius 3 is 2.37 bits per heavy atom. The van der Waals surface area contributed by atoms with Gasteiger partial charge in [-0.2, -0.15) is 0 Å². The second-order valence-electron chi connectivity index (χ2n) is 7.31. The van der Waals surface area contributed by atoms with E-state index in [1.807, 2.05) is 20.8 Å². The van der Waals surface area contributed by atoms with E-state index in [1.165, 1.54) is 19.3 Å². The smallest absolute Gasteiger partial charge is 0.305 e. The minimum atomic E-state index is -0.854. The van der Waals surface area contributed by atoms with Crippen LogP contribution in [0.4, 0.5) is 0 Å². The van der Waals surface area contributed by atoms with Crippen molar-refractivity contribution in [1.29, 1.82) is 0 Å². The van der Waals surface area contributed by atoms with Crippen molar-refractivity contribution >= 4 is 11.9 Å². The number of carboxylic acids is 1. The second kappa shape index (κ2) is 5.14. The van der Waals surface area contributed by atoms with Gasteiger partial charge in [-0.3, -0.25) is 9.59 Å². The van der Waals surface area contributed by atoms with Crippen molar-refractivity contribution in [3.8, 4) is 0 Å². The Labute approximate surface area is 115 Å². The predicted molar refractivity (Wildman–Crippen MR) is 72.6 cm³/mol. The van der Waals surface area contributed by atoms with Gasteiger partial charge in [-0.25, -0.2) is 0 Å². The van der Waals surface area contributed by atoms with Crippen LogP contribution in [-0.4, -0.2) is 23.0 Å². The standard InChI is InChI=1S/C15H25NO3/c1-15(2,3)12(8-13(17)18)16-14(19)11-7-9-4-5-10(11)6-9/h9-12H,4-8H2,1-3H3,(H,16,19)(H,17,18). The lowest BCUT2D eigenvalue weighted by atomic mass is 9.83. The number of carbonyl (C=O) groups is 2. The minimum absolute atomic E-state index is 0.00391. The van der Waals surface area contributed by atoms with Gasteiger partial charge in [0.15, 0.2) is 0 Å². The molecule has 2 saturated carbocycles. The minimum Gasteiger partial charge on any atom is -0.481 e. The third kappa shape index (κ3) is 3.28.